The van der Waals surface area contributed by atoms with Crippen LogP contribution in [-0.4, -0.2) is 53.7 Å². The van der Waals surface area contributed by atoms with Crippen molar-refractivity contribution in [3.8, 4) is 11.1 Å². The summed E-state index contributed by atoms with van der Waals surface area (Å²) in [6.45, 7) is 2.92. The van der Waals surface area contributed by atoms with Gasteiger partial charge in [-0.2, -0.15) is 0 Å². The van der Waals surface area contributed by atoms with Crippen molar-refractivity contribution in [3.63, 3.8) is 0 Å². The van der Waals surface area contributed by atoms with Crippen LogP contribution in [0.5, 0.6) is 0 Å². The predicted molar refractivity (Wildman–Crippen MR) is 126 cm³/mol. The number of hydrogen-bond donors (Lipinski definition) is 2. The van der Waals surface area contributed by atoms with Crippen molar-refractivity contribution in [1.82, 2.24) is 10.2 Å². The Hall–Kier alpha value is -3.35. The molecule has 4 atom stereocenters. The minimum Gasteiger partial charge on any atom is -0.481 e. The molecule has 2 N–H and O–H groups in total. The van der Waals surface area contributed by atoms with Gasteiger partial charge in [0.2, 0.25) is 5.91 Å². The number of aliphatic carboxylic acids is 1. The summed E-state index contributed by atoms with van der Waals surface area (Å²) < 4.78 is 5.60. The SMILES string of the molecule is CCCC(CNC(=O)OCC1c2ccccc2-c2ccccc21)C(=O)N1CC2CC1C2C(=O)O. The zero-order valence-corrected chi connectivity index (χ0v) is 19.3. The maximum Gasteiger partial charge on any atom is 0.407 e. The van der Waals surface area contributed by atoms with Crippen molar-refractivity contribution in [1.29, 1.82) is 0 Å². The lowest BCUT2D eigenvalue weighted by molar-refractivity contribution is -0.148. The van der Waals surface area contributed by atoms with E-state index >= 15 is 0 Å². The van der Waals surface area contributed by atoms with Gasteiger partial charge in [0.15, 0.2) is 0 Å². The zero-order valence-electron chi connectivity index (χ0n) is 19.3. The summed E-state index contributed by atoms with van der Waals surface area (Å²) in [5.41, 5.74) is 4.64. The van der Waals surface area contributed by atoms with Gasteiger partial charge in [-0.1, -0.05) is 61.9 Å². The molecule has 0 radical (unpaired) electrons. The molecular formula is C27H30N2O5. The Morgan fingerprint density at radius 3 is 2.32 bits per heavy atom. The molecule has 4 aliphatic rings. The van der Waals surface area contributed by atoms with Gasteiger partial charge in [0.1, 0.15) is 6.61 Å². The minimum atomic E-state index is -0.819. The summed E-state index contributed by atoms with van der Waals surface area (Å²) >= 11 is 0. The second kappa shape index (κ2) is 9.12. The van der Waals surface area contributed by atoms with Crippen LogP contribution in [0.3, 0.4) is 0 Å². The molecule has 2 saturated heterocycles. The normalized spacial score (nSPS) is 23.0. The third-order valence-electron chi connectivity index (χ3n) is 7.69. The fourth-order valence-corrected chi connectivity index (χ4v) is 5.99. The van der Waals surface area contributed by atoms with Crippen molar-refractivity contribution in [2.24, 2.45) is 17.8 Å². The van der Waals surface area contributed by atoms with Crippen LogP contribution in [0, 0.1) is 17.8 Å². The molecule has 6 rings (SSSR count). The standard InChI is InChI=1S/C27H30N2O5/c1-2-7-16(25(30)29-14-17-12-23(29)24(17)26(31)32)13-28-27(33)34-15-22-20-10-5-3-8-18(20)19-9-4-6-11-21(19)22/h3-6,8-11,16-17,22-24H,2,7,12-15H2,1H3,(H,28,33)(H,31,32). The van der Waals surface area contributed by atoms with Crippen molar-refractivity contribution in [3.05, 3.63) is 59.7 Å². The Morgan fingerprint density at radius 2 is 1.74 bits per heavy atom. The maximum absolute atomic E-state index is 13.1. The number of amides is 2. The van der Waals surface area contributed by atoms with Crippen LogP contribution in [0.2, 0.25) is 0 Å². The van der Waals surface area contributed by atoms with E-state index in [9.17, 15) is 19.5 Å². The van der Waals surface area contributed by atoms with Gasteiger partial charge in [-0.3, -0.25) is 9.59 Å². The number of carboxylic acid groups (broad SMARTS) is 1. The number of alkyl carbamates (subject to hydrolysis) is 1. The van der Waals surface area contributed by atoms with Crippen molar-refractivity contribution >= 4 is 18.0 Å². The third-order valence-corrected chi connectivity index (χ3v) is 7.69. The average molecular weight is 463 g/mol. The molecule has 3 fully saturated rings. The highest BCUT2D eigenvalue weighted by atomic mass is 16.5. The van der Waals surface area contributed by atoms with Gasteiger partial charge in [-0.15, -0.1) is 0 Å². The number of carboxylic acids is 1. The summed E-state index contributed by atoms with van der Waals surface area (Å²) in [5.74, 6) is -1.66. The highest BCUT2D eigenvalue weighted by Crippen LogP contribution is 2.47. The van der Waals surface area contributed by atoms with E-state index in [-0.39, 0.29) is 42.9 Å². The fraction of sp³-hybridized carbons (Fsp3) is 0.444. The quantitative estimate of drug-likeness (QED) is 0.621. The first-order valence-electron chi connectivity index (χ1n) is 12.1. The first-order valence-corrected chi connectivity index (χ1v) is 12.1. The Morgan fingerprint density at radius 1 is 1.09 bits per heavy atom. The first-order chi connectivity index (χ1) is 16.5. The Bertz CT molecular complexity index is 1070. The number of benzene rings is 2. The van der Waals surface area contributed by atoms with E-state index in [1.807, 2.05) is 31.2 Å². The van der Waals surface area contributed by atoms with Gasteiger partial charge < -0.3 is 20.1 Å². The Kier molecular flexibility index (Phi) is 6.02. The predicted octanol–water partition coefficient (Wildman–Crippen LogP) is 3.87. The average Bonchev–Trinajstić information content (AvgIpc) is 3.51. The van der Waals surface area contributed by atoms with Gasteiger partial charge in [0.25, 0.3) is 0 Å². The van der Waals surface area contributed by atoms with Gasteiger partial charge in [0, 0.05) is 25.0 Å². The van der Waals surface area contributed by atoms with Gasteiger partial charge in [-0.25, -0.2) is 4.79 Å². The number of nitrogens with zero attached hydrogens (tertiary/aromatic N) is 1. The lowest BCUT2D eigenvalue weighted by Gasteiger charge is -2.34. The fourth-order valence-electron chi connectivity index (χ4n) is 5.99. The highest BCUT2D eigenvalue weighted by Gasteiger charge is 2.57. The molecule has 7 heteroatoms. The van der Waals surface area contributed by atoms with Crippen LogP contribution in [0.25, 0.3) is 11.1 Å². The number of hydrogen-bond acceptors (Lipinski definition) is 4. The van der Waals surface area contributed by atoms with E-state index in [1.54, 1.807) is 4.90 Å². The van der Waals surface area contributed by atoms with Gasteiger partial charge in [0.05, 0.1) is 11.8 Å². The molecule has 178 valence electrons. The largest absolute Gasteiger partial charge is 0.481 e. The van der Waals surface area contributed by atoms with Crippen LogP contribution < -0.4 is 5.32 Å². The smallest absolute Gasteiger partial charge is 0.407 e. The molecule has 0 spiro atoms. The lowest BCUT2D eigenvalue weighted by atomic mass is 9.74. The molecule has 0 aromatic heterocycles. The molecule has 7 nitrogen and oxygen atoms in total. The topological polar surface area (TPSA) is 95.9 Å². The van der Waals surface area contributed by atoms with Crippen molar-refractivity contribution in [2.75, 3.05) is 19.7 Å². The molecular weight excluding hydrogens is 432 g/mol. The number of carbonyl (C=O) groups is 3. The second-order valence-corrected chi connectivity index (χ2v) is 9.61. The summed E-state index contributed by atoms with van der Waals surface area (Å²) in [6, 6.07) is 16.1. The zero-order chi connectivity index (χ0) is 23.8. The molecule has 2 aromatic rings. The van der Waals surface area contributed by atoms with Crippen molar-refractivity contribution in [2.45, 2.75) is 38.1 Å². The molecule has 34 heavy (non-hydrogen) atoms. The first kappa shape index (κ1) is 22.4. The number of fused-ring (bicyclic) bond motifs is 4. The molecule has 1 saturated carbocycles. The van der Waals surface area contributed by atoms with Crippen LogP contribution in [0.4, 0.5) is 4.79 Å². The van der Waals surface area contributed by atoms with E-state index in [0.717, 1.165) is 24.0 Å². The molecule has 2 aromatic carbocycles. The number of nitrogens with one attached hydrogen (secondary N) is 1. The molecule has 2 heterocycles. The number of ether oxygens (including phenoxy) is 1. The van der Waals surface area contributed by atoms with E-state index in [4.69, 9.17) is 4.74 Å². The van der Waals surface area contributed by atoms with E-state index in [0.29, 0.717) is 13.0 Å². The summed E-state index contributed by atoms with van der Waals surface area (Å²) in [7, 11) is 0. The molecule has 2 amide bonds. The molecule has 2 bridgehead atoms. The van der Waals surface area contributed by atoms with Gasteiger partial charge in [-0.05, 0) is 41.0 Å². The maximum atomic E-state index is 13.1. The summed E-state index contributed by atoms with van der Waals surface area (Å²) in [6.07, 6.45) is 1.66. The van der Waals surface area contributed by atoms with Crippen LogP contribution >= 0.6 is 0 Å². The van der Waals surface area contributed by atoms with Gasteiger partial charge >= 0.3 is 12.1 Å². The van der Waals surface area contributed by atoms with Crippen LogP contribution in [0.1, 0.15) is 43.2 Å². The third kappa shape index (κ3) is 3.83. The molecule has 2 aliphatic heterocycles. The van der Waals surface area contributed by atoms with Crippen molar-refractivity contribution < 1.29 is 24.2 Å². The highest BCUT2D eigenvalue weighted by molar-refractivity contribution is 5.83. The minimum absolute atomic E-state index is 0.0180. The summed E-state index contributed by atoms with van der Waals surface area (Å²) in [5, 5.41) is 12.2. The molecule has 4 unspecified atom stereocenters. The van der Waals surface area contributed by atoms with E-state index < -0.39 is 18.0 Å². The van der Waals surface area contributed by atoms with Crippen LogP contribution in [-0.2, 0) is 14.3 Å². The van der Waals surface area contributed by atoms with Crippen LogP contribution in [0.15, 0.2) is 48.5 Å². The monoisotopic (exact) mass is 462 g/mol. The number of carbonyl (C=O) groups excluding carboxylic acids is 2. The lowest BCUT2D eigenvalue weighted by Crippen LogP contribution is -2.48. The summed E-state index contributed by atoms with van der Waals surface area (Å²) in [4.78, 5) is 38.9. The second-order valence-electron chi connectivity index (χ2n) is 9.61. The van der Waals surface area contributed by atoms with E-state index in [2.05, 4.69) is 29.6 Å². The Balaban J connectivity index is 1.18. The molecule has 2 aliphatic carbocycles. The van der Waals surface area contributed by atoms with E-state index in [1.165, 1.54) is 11.1 Å². The Labute approximate surface area is 199 Å². The number of rotatable bonds is 8.